The van der Waals surface area contributed by atoms with Crippen molar-refractivity contribution >= 4 is 0 Å². The molecule has 0 spiro atoms. The van der Waals surface area contributed by atoms with Crippen molar-refractivity contribution in [1.82, 2.24) is 4.90 Å². The summed E-state index contributed by atoms with van der Waals surface area (Å²) in [7, 11) is 0. The molecule has 1 fully saturated rings. The van der Waals surface area contributed by atoms with Crippen LogP contribution < -0.4 is 5.73 Å². The third-order valence-electron chi connectivity index (χ3n) is 4.02. The quantitative estimate of drug-likeness (QED) is 0.846. The number of hydrogen-bond donors (Lipinski definition) is 2. The molecule has 1 aromatic rings. The zero-order valence-corrected chi connectivity index (χ0v) is 11.4. The summed E-state index contributed by atoms with van der Waals surface area (Å²) in [4.78, 5) is 2.32. The summed E-state index contributed by atoms with van der Waals surface area (Å²) in [5, 5.41) is 10.0. The van der Waals surface area contributed by atoms with Crippen molar-refractivity contribution in [3.05, 3.63) is 35.9 Å². The molecule has 1 saturated heterocycles. The van der Waals surface area contributed by atoms with Gasteiger partial charge in [-0.3, -0.25) is 4.90 Å². The Hall–Kier alpha value is -0.900. The number of likely N-dealkylation sites (tertiary alicyclic amines) is 1. The summed E-state index contributed by atoms with van der Waals surface area (Å²) in [5.74, 6) is 0. The normalized spacial score (nSPS) is 28.2. The first-order valence-corrected chi connectivity index (χ1v) is 6.66. The number of β-amino-alcohol motifs (C(OH)–C–C–N with tert-alkyl or cyclic N) is 1. The highest BCUT2D eigenvalue weighted by Crippen LogP contribution is 2.28. The molecule has 3 heteroatoms. The van der Waals surface area contributed by atoms with Crippen LogP contribution in [0.2, 0.25) is 0 Å². The Morgan fingerprint density at radius 1 is 1.39 bits per heavy atom. The van der Waals surface area contributed by atoms with Crippen LogP contribution in [0.1, 0.15) is 25.8 Å². The van der Waals surface area contributed by atoms with Gasteiger partial charge in [0, 0.05) is 31.6 Å². The fourth-order valence-corrected chi connectivity index (χ4v) is 2.78. The summed E-state index contributed by atoms with van der Waals surface area (Å²) >= 11 is 0. The Kier molecular flexibility index (Phi) is 3.76. The first-order valence-electron chi connectivity index (χ1n) is 6.66. The van der Waals surface area contributed by atoms with Gasteiger partial charge in [0.25, 0.3) is 0 Å². The highest BCUT2D eigenvalue weighted by molar-refractivity contribution is 5.25. The molecule has 0 amide bonds. The number of hydrogen-bond acceptors (Lipinski definition) is 3. The fourth-order valence-electron chi connectivity index (χ4n) is 2.78. The topological polar surface area (TPSA) is 49.5 Å². The van der Waals surface area contributed by atoms with Crippen LogP contribution in [0.15, 0.2) is 30.3 Å². The molecule has 0 aliphatic carbocycles. The average molecular weight is 248 g/mol. The van der Waals surface area contributed by atoms with Crippen molar-refractivity contribution in [3.8, 4) is 0 Å². The molecule has 1 aliphatic heterocycles. The number of rotatable bonds is 4. The zero-order chi connectivity index (χ0) is 13.2. The molecule has 0 aromatic heterocycles. The average Bonchev–Trinajstić information content (AvgIpc) is 2.69. The Labute approximate surface area is 110 Å². The van der Waals surface area contributed by atoms with Gasteiger partial charge in [-0.15, -0.1) is 0 Å². The fraction of sp³-hybridized carbons (Fsp3) is 0.600. The molecule has 2 unspecified atom stereocenters. The first-order chi connectivity index (χ1) is 8.45. The predicted molar refractivity (Wildman–Crippen MR) is 74.5 cm³/mol. The highest BCUT2D eigenvalue weighted by atomic mass is 16.3. The van der Waals surface area contributed by atoms with Gasteiger partial charge in [0.1, 0.15) is 0 Å². The lowest BCUT2D eigenvalue weighted by Gasteiger charge is -2.33. The standard InChI is InChI=1S/C15H24N2O/c1-14(10-16,13-6-4-3-5-7-13)11-17-9-8-15(2,18)12-17/h3-7,18H,8-12,16H2,1-2H3. The second-order valence-electron chi connectivity index (χ2n) is 6.09. The zero-order valence-electron chi connectivity index (χ0n) is 11.4. The summed E-state index contributed by atoms with van der Waals surface area (Å²) in [6.45, 7) is 7.34. The van der Waals surface area contributed by atoms with Crippen LogP contribution in [0, 0.1) is 0 Å². The second-order valence-corrected chi connectivity index (χ2v) is 6.09. The van der Waals surface area contributed by atoms with E-state index in [2.05, 4.69) is 36.1 Å². The Balaban J connectivity index is 2.10. The van der Waals surface area contributed by atoms with Crippen LogP contribution >= 0.6 is 0 Å². The van der Waals surface area contributed by atoms with Crippen LogP contribution in [0.5, 0.6) is 0 Å². The van der Waals surface area contributed by atoms with E-state index in [1.54, 1.807) is 0 Å². The van der Waals surface area contributed by atoms with Gasteiger partial charge in [0.2, 0.25) is 0 Å². The molecule has 1 heterocycles. The summed E-state index contributed by atoms with van der Waals surface area (Å²) in [6.07, 6.45) is 0.850. The van der Waals surface area contributed by atoms with E-state index in [-0.39, 0.29) is 5.41 Å². The minimum Gasteiger partial charge on any atom is -0.389 e. The van der Waals surface area contributed by atoms with E-state index in [4.69, 9.17) is 5.73 Å². The first kappa shape index (κ1) is 13.5. The van der Waals surface area contributed by atoms with E-state index in [0.29, 0.717) is 6.54 Å². The summed E-state index contributed by atoms with van der Waals surface area (Å²) in [5.41, 5.74) is 6.70. The molecule has 3 nitrogen and oxygen atoms in total. The lowest BCUT2D eigenvalue weighted by molar-refractivity contribution is 0.0660. The maximum Gasteiger partial charge on any atom is 0.0758 e. The molecule has 0 radical (unpaired) electrons. The molecule has 1 aliphatic rings. The lowest BCUT2D eigenvalue weighted by atomic mass is 9.82. The monoisotopic (exact) mass is 248 g/mol. The van der Waals surface area contributed by atoms with E-state index < -0.39 is 5.60 Å². The van der Waals surface area contributed by atoms with Crippen molar-refractivity contribution < 1.29 is 5.11 Å². The molecule has 3 N–H and O–H groups in total. The van der Waals surface area contributed by atoms with E-state index in [1.165, 1.54) is 5.56 Å². The van der Waals surface area contributed by atoms with Crippen LogP contribution in [0.25, 0.3) is 0 Å². The van der Waals surface area contributed by atoms with E-state index in [0.717, 1.165) is 26.1 Å². The molecule has 2 rings (SSSR count). The number of benzene rings is 1. The molecular weight excluding hydrogens is 224 g/mol. The number of nitrogens with two attached hydrogens (primary N) is 1. The van der Waals surface area contributed by atoms with Gasteiger partial charge in [-0.05, 0) is 18.9 Å². The van der Waals surface area contributed by atoms with Gasteiger partial charge >= 0.3 is 0 Å². The summed E-state index contributed by atoms with van der Waals surface area (Å²) < 4.78 is 0. The van der Waals surface area contributed by atoms with Crippen molar-refractivity contribution in [3.63, 3.8) is 0 Å². The Morgan fingerprint density at radius 2 is 2.06 bits per heavy atom. The minimum atomic E-state index is -0.536. The van der Waals surface area contributed by atoms with E-state index in [9.17, 15) is 5.11 Å². The largest absolute Gasteiger partial charge is 0.389 e. The van der Waals surface area contributed by atoms with Gasteiger partial charge in [-0.2, -0.15) is 0 Å². The molecule has 1 aromatic carbocycles. The van der Waals surface area contributed by atoms with Crippen molar-refractivity contribution in [1.29, 1.82) is 0 Å². The van der Waals surface area contributed by atoms with Crippen molar-refractivity contribution in [2.24, 2.45) is 5.73 Å². The Bertz CT molecular complexity index is 391. The van der Waals surface area contributed by atoms with Crippen LogP contribution in [-0.4, -0.2) is 41.8 Å². The van der Waals surface area contributed by atoms with Crippen LogP contribution in [0.3, 0.4) is 0 Å². The molecule has 2 atom stereocenters. The highest BCUT2D eigenvalue weighted by Gasteiger charge is 2.35. The molecule has 100 valence electrons. The maximum atomic E-state index is 10.0. The van der Waals surface area contributed by atoms with E-state index >= 15 is 0 Å². The number of aliphatic hydroxyl groups is 1. The third-order valence-corrected chi connectivity index (χ3v) is 4.02. The predicted octanol–water partition coefficient (Wildman–Crippen LogP) is 1.36. The molecule has 0 saturated carbocycles. The van der Waals surface area contributed by atoms with Gasteiger partial charge < -0.3 is 10.8 Å². The SMILES string of the molecule is CC1(O)CCN(CC(C)(CN)c2ccccc2)C1. The maximum absolute atomic E-state index is 10.0. The van der Waals surface area contributed by atoms with Crippen molar-refractivity contribution in [2.75, 3.05) is 26.2 Å². The molecule has 0 bridgehead atoms. The van der Waals surface area contributed by atoms with Gasteiger partial charge in [0.15, 0.2) is 0 Å². The molecular formula is C15H24N2O. The minimum absolute atomic E-state index is 0.0400. The van der Waals surface area contributed by atoms with E-state index in [1.807, 2.05) is 13.0 Å². The third kappa shape index (κ3) is 2.91. The van der Waals surface area contributed by atoms with Gasteiger partial charge in [-0.1, -0.05) is 37.3 Å². The number of nitrogens with zero attached hydrogens (tertiary/aromatic N) is 1. The molecule has 18 heavy (non-hydrogen) atoms. The van der Waals surface area contributed by atoms with Crippen LogP contribution in [-0.2, 0) is 5.41 Å². The van der Waals surface area contributed by atoms with Gasteiger partial charge in [-0.25, -0.2) is 0 Å². The summed E-state index contributed by atoms with van der Waals surface area (Å²) in [6, 6.07) is 10.4. The van der Waals surface area contributed by atoms with Crippen molar-refractivity contribution in [2.45, 2.75) is 31.3 Å². The lowest BCUT2D eigenvalue weighted by Crippen LogP contribution is -2.44. The Morgan fingerprint density at radius 3 is 2.56 bits per heavy atom. The smallest absolute Gasteiger partial charge is 0.0758 e. The van der Waals surface area contributed by atoms with Crippen LogP contribution in [0.4, 0.5) is 0 Å². The second kappa shape index (κ2) is 5.00. The van der Waals surface area contributed by atoms with Gasteiger partial charge in [0.05, 0.1) is 5.60 Å².